The molecule has 5 nitrogen and oxygen atoms in total. The first-order valence-electron chi connectivity index (χ1n) is 17.0. The molecule has 1 N–H and O–H groups in total. The number of piperidine rings is 1. The molecule has 2 heterocycles. The van der Waals surface area contributed by atoms with Crippen LogP contribution >= 0.6 is 11.3 Å². The second kappa shape index (κ2) is 14.9. The highest BCUT2D eigenvalue weighted by Crippen LogP contribution is 2.44. The first kappa shape index (κ1) is 33.7. The van der Waals surface area contributed by atoms with E-state index in [1.807, 2.05) is 38.3 Å². The van der Waals surface area contributed by atoms with Gasteiger partial charge in [-0.2, -0.15) is 0 Å². The molecule has 7 heteroatoms. The number of likely N-dealkylation sites (N-methyl/N-ethyl adjacent to an activating group) is 1. The van der Waals surface area contributed by atoms with Crippen LogP contribution in [-0.2, 0) is 17.6 Å². The minimum absolute atomic E-state index is 0.0175. The highest BCUT2D eigenvalue weighted by Gasteiger charge is 2.42. The molecule has 0 spiro atoms. The Morgan fingerprint density at radius 2 is 1.80 bits per heavy atom. The van der Waals surface area contributed by atoms with Gasteiger partial charge in [-0.25, -0.2) is 9.37 Å². The third-order valence-corrected chi connectivity index (χ3v) is 11.7. The van der Waals surface area contributed by atoms with Crippen LogP contribution < -0.4 is 0 Å². The number of benzene rings is 2. The van der Waals surface area contributed by atoms with Gasteiger partial charge in [0.15, 0.2) is 0 Å². The summed E-state index contributed by atoms with van der Waals surface area (Å²) >= 11 is 1.92. The number of hydrogen-bond donors (Lipinski definition) is 1. The Balaban J connectivity index is 1.25. The molecule has 3 unspecified atom stereocenters. The van der Waals surface area contributed by atoms with E-state index in [2.05, 4.69) is 60.9 Å². The number of rotatable bonds is 12. The Hall–Kier alpha value is -2.61. The predicted molar refractivity (Wildman–Crippen MR) is 183 cm³/mol. The normalized spacial score (nSPS) is 22.1. The van der Waals surface area contributed by atoms with E-state index in [9.17, 15) is 14.3 Å². The van der Waals surface area contributed by atoms with Crippen LogP contribution in [-0.4, -0.2) is 64.6 Å². The molecule has 2 aromatic carbocycles. The lowest BCUT2D eigenvalue weighted by molar-refractivity contribution is -0.145. The molecule has 4 atom stereocenters. The van der Waals surface area contributed by atoms with Crippen LogP contribution in [0.5, 0.6) is 0 Å². The van der Waals surface area contributed by atoms with Gasteiger partial charge >= 0.3 is 5.97 Å². The maximum atomic E-state index is 14.3. The zero-order valence-electron chi connectivity index (χ0n) is 28.0. The fraction of sp³-hybridized carbons (Fsp3) is 0.579. The minimum Gasteiger partial charge on any atom is -0.480 e. The van der Waals surface area contributed by atoms with Gasteiger partial charge in [-0.15, -0.1) is 11.3 Å². The summed E-state index contributed by atoms with van der Waals surface area (Å²) in [6, 6.07) is 15.7. The molecule has 1 aliphatic carbocycles. The van der Waals surface area contributed by atoms with E-state index in [-0.39, 0.29) is 23.7 Å². The summed E-state index contributed by atoms with van der Waals surface area (Å²) in [5.74, 6) is 0.734. The predicted octanol–water partition coefficient (Wildman–Crippen LogP) is 8.34. The lowest BCUT2D eigenvalue weighted by Crippen LogP contribution is -2.47. The summed E-state index contributed by atoms with van der Waals surface area (Å²) in [5, 5.41) is 11.2. The topological polar surface area (TPSA) is 56.7 Å². The number of halogens is 1. The summed E-state index contributed by atoms with van der Waals surface area (Å²) in [4.78, 5) is 23.4. The van der Waals surface area contributed by atoms with Crippen molar-refractivity contribution in [2.45, 2.75) is 103 Å². The minimum atomic E-state index is -0.762. The molecule has 1 saturated heterocycles. The van der Waals surface area contributed by atoms with E-state index in [0.29, 0.717) is 17.8 Å². The molecule has 3 aromatic rings. The molecule has 2 aliphatic rings. The van der Waals surface area contributed by atoms with Crippen LogP contribution in [0.3, 0.4) is 0 Å². The van der Waals surface area contributed by atoms with E-state index < -0.39 is 12.0 Å². The van der Waals surface area contributed by atoms with Crippen molar-refractivity contribution in [1.29, 1.82) is 0 Å². The molecule has 2 fully saturated rings. The van der Waals surface area contributed by atoms with E-state index in [1.54, 1.807) is 6.07 Å². The van der Waals surface area contributed by atoms with Crippen LogP contribution in [0.4, 0.5) is 4.39 Å². The number of carboxylic acid groups (broad SMARTS) is 1. The summed E-state index contributed by atoms with van der Waals surface area (Å²) in [5.41, 5.74) is 5.03. The van der Waals surface area contributed by atoms with Crippen LogP contribution in [0.1, 0.15) is 110 Å². The highest BCUT2D eigenvalue weighted by atomic mass is 32.1. The van der Waals surface area contributed by atoms with Crippen molar-refractivity contribution < 1.29 is 14.3 Å². The van der Waals surface area contributed by atoms with Gasteiger partial charge < -0.3 is 10.0 Å². The average Bonchev–Trinajstić information content (AvgIpc) is 3.61. The largest absolute Gasteiger partial charge is 0.480 e. The number of thiazole rings is 1. The Labute approximate surface area is 273 Å². The number of carbonyl (C=O) groups is 1. The van der Waals surface area contributed by atoms with Crippen molar-refractivity contribution in [3.05, 3.63) is 86.6 Å². The lowest BCUT2D eigenvalue weighted by Gasteiger charge is -2.35. The van der Waals surface area contributed by atoms with Gasteiger partial charge in [0, 0.05) is 23.9 Å². The SMILES string of the molecule is CCc1nc(Cc2ccc(C(C)C)cc2)sc1C1CCN(CC2CC(N(C)[C@@H](C(=O)O)C(C)C)CC2c2cccc(F)c2)CC1. The van der Waals surface area contributed by atoms with Gasteiger partial charge in [-0.3, -0.25) is 9.69 Å². The Kier molecular flexibility index (Phi) is 11.1. The monoisotopic (exact) mass is 633 g/mol. The van der Waals surface area contributed by atoms with Gasteiger partial charge in [0.05, 0.1) is 10.7 Å². The Morgan fingerprint density at radius 1 is 1.09 bits per heavy atom. The lowest BCUT2D eigenvalue weighted by atomic mass is 9.87. The zero-order chi connectivity index (χ0) is 32.2. The molecule has 244 valence electrons. The molecular weight excluding hydrogens is 582 g/mol. The third-order valence-electron chi connectivity index (χ3n) is 10.4. The molecule has 0 bridgehead atoms. The third kappa shape index (κ3) is 8.04. The standard InChI is InChI=1S/C38H52FN3O2S/c1-7-34-37(45-35(40-34)19-26-11-13-27(14-12-26)24(2)3)28-15-17-42(18-16-28)23-30-21-32(41(6)36(25(4)5)38(43)44)22-33(30)29-9-8-10-31(39)20-29/h8-14,20,24-25,28,30,32-33,36H,7,15-19,21-23H2,1-6H3,(H,43,44)/t30?,32?,33?,36-/m1/s1. The van der Waals surface area contributed by atoms with Crippen molar-refractivity contribution in [3.63, 3.8) is 0 Å². The smallest absolute Gasteiger partial charge is 0.321 e. The van der Waals surface area contributed by atoms with Gasteiger partial charge in [-0.1, -0.05) is 71.0 Å². The van der Waals surface area contributed by atoms with Crippen molar-refractivity contribution >= 4 is 17.3 Å². The Morgan fingerprint density at radius 3 is 2.40 bits per heavy atom. The fourth-order valence-electron chi connectivity index (χ4n) is 7.90. The van der Waals surface area contributed by atoms with Gasteiger partial charge in [0.1, 0.15) is 11.9 Å². The van der Waals surface area contributed by atoms with Crippen LogP contribution in [0.25, 0.3) is 0 Å². The fourth-order valence-corrected chi connectivity index (χ4v) is 9.26. The van der Waals surface area contributed by atoms with Crippen molar-refractivity contribution in [3.8, 4) is 0 Å². The van der Waals surface area contributed by atoms with Crippen molar-refractivity contribution in [1.82, 2.24) is 14.8 Å². The number of likely N-dealkylation sites (tertiary alicyclic amines) is 1. The highest BCUT2D eigenvalue weighted by molar-refractivity contribution is 7.11. The van der Waals surface area contributed by atoms with E-state index >= 15 is 0 Å². The first-order chi connectivity index (χ1) is 21.5. The number of aliphatic carboxylic acids is 1. The van der Waals surface area contributed by atoms with Gasteiger partial charge in [0.2, 0.25) is 0 Å². The summed E-state index contributed by atoms with van der Waals surface area (Å²) < 4.78 is 14.3. The number of hydrogen-bond acceptors (Lipinski definition) is 5. The van der Waals surface area contributed by atoms with Crippen molar-refractivity contribution in [2.24, 2.45) is 11.8 Å². The van der Waals surface area contributed by atoms with Crippen molar-refractivity contribution in [2.75, 3.05) is 26.7 Å². The molecule has 1 aromatic heterocycles. The molecular formula is C38H52FN3O2S. The van der Waals surface area contributed by atoms with E-state index in [4.69, 9.17) is 4.98 Å². The number of carboxylic acids is 1. The molecule has 45 heavy (non-hydrogen) atoms. The molecule has 0 radical (unpaired) electrons. The number of aromatic nitrogens is 1. The summed E-state index contributed by atoms with van der Waals surface area (Å²) in [6.07, 6.45) is 5.93. The quantitative estimate of drug-likeness (QED) is 0.217. The molecule has 0 amide bonds. The maximum absolute atomic E-state index is 14.3. The maximum Gasteiger partial charge on any atom is 0.321 e. The summed E-state index contributed by atoms with van der Waals surface area (Å²) in [6.45, 7) is 13.7. The van der Waals surface area contributed by atoms with Gasteiger partial charge in [-0.05, 0) is 111 Å². The number of aryl methyl sites for hydroxylation is 1. The first-order valence-corrected chi connectivity index (χ1v) is 17.8. The van der Waals surface area contributed by atoms with Crippen LogP contribution in [0.15, 0.2) is 48.5 Å². The van der Waals surface area contributed by atoms with Crippen LogP contribution in [0.2, 0.25) is 0 Å². The number of nitrogens with zero attached hydrogens (tertiary/aromatic N) is 3. The zero-order valence-corrected chi connectivity index (χ0v) is 28.8. The Bertz CT molecular complexity index is 1410. The van der Waals surface area contributed by atoms with Crippen LogP contribution in [0, 0.1) is 17.7 Å². The molecule has 1 aliphatic heterocycles. The molecule has 1 saturated carbocycles. The van der Waals surface area contributed by atoms with E-state index in [0.717, 1.165) is 63.7 Å². The van der Waals surface area contributed by atoms with E-state index in [1.165, 1.54) is 32.8 Å². The van der Waals surface area contributed by atoms with Gasteiger partial charge in [0.25, 0.3) is 0 Å². The molecule has 5 rings (SSSR count). The summed E-state index contributed by atoms with van der Waals surface area (Å²) in [7, 11) is 1.97. The second-order valence-electron chi connectivity index (χ2n) is 14.2. The second-order valence-corrected chi connectivity index (χ2v) is 15.3. The average molecular weight is 634 g/mol.